The van der Waals surface area contributed by atoms with Gasteiger partial charge in [-0.1, -0.05) is 47.5 Å². The second-order valence-electron chi connectivity index (χ2n) is 6.77. The SMILES string of the molecule is O=C(OCc1ccc(Cl)cc1F)c1ccc(-c2nnn(Cc3ccc(Cl)cc3F)n2)cc1. The molecule has 0 unspecified atom stereocenters. The quantitative estimate of drug-likeness (QED) is 0.353. The third kappa shape index (κ3) is 5.09. The highest BCUT2D eigenvalue weighted by atomic mass is 35.5. The Kier molecular flexibility index (Phi) is 6.43. The maximum Gasteiger partial charge on any atom is 0.338 e. The number of ether oxygens (including phenoxy) is 1. The number of tetrazole rings is 1. The van der Waals surface area contributed by atoms with E-state index < -0.39 is 17.6 Å². The van der Waals surface area contributed by atoms with E-state index in [0.29, 0.717) is 22.0 Å². The van der Waals surface area contributed by atoms with Crippen LogP contribution >= 0.6 is 23.2 Å². The third-order valence-electron chi connectivity index (χ3n) is 4.53. The number of carbonyl (C=O) groups is 1. The van der Waals surface area contributed by atoms with Crippen LogP contribution in [0, 0.1) is 11.6 Å². The molecule has 1 heterocycles. The van der Waals surface area contributed by atoms with Crippen LogP contribution in [0.3, 0.4) is 0 Å². The average molecular weight is 475 g/mol. The van der Waals surface area contributed by atoms with Gasteiger partial charge in [0.2, 0.25) is 5.82 Å². The Hall–Kier alpha value is -3.36. The molecule has 0 atom stereocenters. The molecule has 1 aromatic heterocycles. The van der Waals surface area contributed by atoms with Crippen molar-refractivity contribution >= 4 is 29.2 Å². The van der Waals surface area contributed by atoms with E-state index in [9.17, 15) is 13.6 Å². The standard InChI is InChI=1S/C22H14Cl2F2N4O2/c23-17-7-5-15(19(25)9-17)11-30-28-21(27-29-30)13-1-3-14(4-2-13)22(31)32-12-16-6-8-18(24)10-20(16)26/h1-10H,11-12H2. The van der Waals surface area contributed by atoms with Crippen LogP contribution in [0.15, 0.2) is 60.7 Å². The van der Waals surface area contributed by atoms with Gasteiger partial charge in [-0.05, 0) is 41.6 Å². The first-order valence-electron chi connectivity index (χ1n) is 9.32. The first kappa shape index (κ1) is 21.9. The topological polar surface area (TPSA) is 69.9 Å². The second-order valence-corrected chi connectivity index (χ2v) is 7.64. The van der Waals surface area contributed by atoms with Gasteiger partial charge in [0.05, 0.1) is 12.1 Å². The molecular weight excluding hydrogens is 461 g/mol. The molecule has 0 aliphatic rings. The van der Waals surface area contributed by atoms with Crippen molar-refractivity contribution in [3.05, 3.63) is 99.0 Å². The van der Waals surface area contributed by atoms with Gasteiger partial charge < -0.3 is 4.74 Å². The molecule has 0 N–H and O–H groups in total. The van der Waals surface area contributed by atoms with Crippen LogP contribution in [0.2, 0.25) is 10.0 Å². The lowest BCUT2D eigenvalue weighted by Gasteiger charge is -2.06. The summed E-state index contributed by atoms with van der Waals surface area (Å²) in [5.41, 5.74) is 1.47. The molecule has 4 rings (SSSR count). The van der Waals surface area contributed by atoms with Crippen LogP contribution in [0.4, 0.5) is 8.78 Å². The lowest BCUT2D eigenvalue weighted by molar-refractivity contribution is 0.0469. The van der Waals surface area contributed by atoms with Gasteiger partial charge in [-0.2, -0.15) is 4.80 Å². The van der Waals surface area contributed by atoms with Gasteiger partial charge in [0, 0.05) is 26.7 Å². The molecule has 0 saturated carbocycles. The summed E-state index contributed by atoms with van der Waals surface area (Å²) in [6, 6.07) is 14.8. The average Bonchev–Trinajstić information content (AvgIpc) is 3.24. The van der Waals surface area contributed by atoms with Gasteiger partial charge in [0.1, 0.15) is 18.2 Å². The van der Waals surface area contributed by atoms with E-state index in [1.54, 1.807) is 24.3 Å². The molecule has 32 heavy (non-hydrogen) atoms. The van der Waals surface area contributed by atoms with E-state index >= 15 is 0 Å². The molecule has 0 bridgehead atoms. The van der Waals surface area contributed by atoms with E-state index in [1.807, 2.05) is 0 Å². The van der Waals surface area contributed by atoms with E-state index in [0.717, 1.165) is 6.07 Å². The number of aromatic nitrogens is 4. The summed E-state index contributed by atoms with van der Waals surface area (Å²) in [5, 5.41) is 12.7. The Bertz CT molecular complexity index is 1280. The summed E-state index contributed by atoms with van der Waals surface area (Å²) >= 11 is 11.5. The molecule has 3 aromatic carbocycles. The number of carbonyl (C=O) groups excluding carboxylic acids is 1. The smallest absolute Gasteiger partial charge is 0.338 e. The Labute approximate surface area is 191 Å². The van der Waals surface area contributed by atoms with Crippen molar-refractivity contribution in [3.63, 3.8) is 0 Å². The lowest BCUT2D eigenvalue weighted by Crippen LogP contribution is -2.06. The molecule has 0 aliphatic heterocycles. The van der Waals surface area contributed by atoms with Gasteiger partial charge in [0.25, 0.3) is 0 Å². The number of halogens is 4. The minimum atomic E-state index is -0.610. The summed E-state index contributed by atoms with van der Waals surface area (Å²) in [6.45, 7) is -0.137. The number of rotatable bonds is 6. The number of benzene rings is 3. The fourth-order valence-corrected chi connectivity index (χ4v) is 3.17. The maximum absolute atomic E-state index is 14.0. The Morgan fingerprint density at radius 1 is 0.906 bits per heavy atom. The summed E-state index contributed by atoms with van der Waals surface area (Å²) in [6.07, 6.45) is 0. The maximum atomic E-state index is 14.0. The van der Waals surface area contributed by atoms with Crippen molar-refractivity contribution in [2.24, 2.45) is 0 Å². The first-order valence-corrected chi connectivity index (χ1v) is 10.1. The van der Waals surface area contributed by atoms with Crippen LogP contribution < -0.4 is 0 Å². The minimum absolute atomic E-state index is 0.0850. The fourth-order valence-electron chi connectivity index (χ4n) is 2.85. The van der Waals surface area contributed by atoms with Crippen molar-refractivity contribution in [3.8, 4) is 11.4 Å². The highest BCUT2D eigenvalue weighted by Gasteiger charge is 2.13. The molecule has 10 heteroatoms. The van der Waals surface area contributed by atoms with Crippen molar-refractivity contribution < 1.29 is 18.3 Å². The number of nitrogens with zero attached hydrogens (tertiary/aromatic N) is 4. The van der Waals surface area contributed by atoms with E-state index in [-0.39, 0.29) is 29.3 Å². The van der Waals surface area contributed by atoms with Gasteiger partial charge in [-0.25, -0.2) is 13.6 Å². The highest BCUT2D eigenvalue weighted by molar-refractivity contribution is 6.30. The van der Waals surface area contributed by atoms with Crippen LogP contribution in [0.1, 0.15) is 21.5 Å². The molecule has 0 aliphatic carbocycles. The van der Waals surface area contributed by atoms with Gasteiger partial charge in [-0.15, -0.1) is 10.2 Å². The Morgan fingerprint density at radius 3 is 2.16 bits per heavy atom. The van der Waals surface area contributed by atoms with Gasteiger partial charge in [0.15, 0.2) is 0 Å². The van der Waals surface area contributed by atoms with Crippen LogP contribution in [0.25, 0.3) is 11.4 Å². The Balaban J connectivity index is 1.40. The van der Waals surface area contributed by atoms with Gasteiger partial charge >= 0.3 is 5.97 Å². The minimum Gasteiger partial charge on any atom is -0.457 e. The largest absolute Gasteiger partial charge is 0.457 e. The molecule has 162 valence electrons. The van der Waals surface area contributed by atoms with E-state index in [1.165, 1.54) is 35.1 Å². The monoisotopic (exact) mass is 474 g/mol. The second kappa shape index (κ2) is 9.42. The zero-order chi connectivity index (χ0) is 22.7. The van der Waals surface area contributed by atoms with Crippen LogP contribution in [0.5, 0.6) is 0 Å². The predicted molar refractivity (Wildman–Crippen MR) is 114 cm³/mol. The lowest BCUT2D eigenvalue weighted by atomic mass is 10.1. The predicted octanol–water partition coefficient (Wildman–Crippen LogP) is 5.33. The van der Waals surface area contributed by atoms with Crippen LogP contribution in [-0.2, 0) is 17.9 Å². The molecule has 6 nitrogen and oxygen atoms in total. The van der Waals surface area contributed by atoms with Crippen molar-refractivity contribution in [1.29, 1.82) is 0 Å². The summed E-state index contributed by atoms with van der Waals surface area (Å²) in [5.74, 6) is -1.31. The third-order valence-corrected chi connectivity index (χ3v) is 5.00. The Morgan fingerprint density at radius 2 is 1.53 bits per heavy atom. The molecule has 0 amide bonds. The summed E-state index contributed by atoms with van der Waals surface area (Å²) in [7, 11) is 0. The summed E-state index contributed by atoms with van der Waals surface area (Å²) in [4.78, 5) is 13.5. The zero-order valence-electron chi connectivity index (χ0n) is 16.3. The molecular formula is C22H14Cl2F2N4O2. The van der Waals surface area contributed by atoms with E-state index in [4.69, 9.17) is 27.9 Å². The number of hydrogen-bond acceptors (Lipinski definition) is 5. The highest BCUT2D eigenvalue weighted by Crippen LogP contribution is 2.19. The number of esters is 1. The first-order chi connectivity index (χ1) is 15.4. The fraction of sp³-hybridized carbons (Fsp3) is 0.0909. The molecule has 4 aromatic rings. The summed E-state index contributed by atoms with van der Waals surface area (Å²) < 4.78 is 32.9. The van der Waals surface area contributed by atoms with E-state index in [2.05, 4.69) is 15.4 Å². The molecule has 0 spiro atoms. The molecule has 0 radical (unpaired) electrons. The van der Waals surface area contributed by atoms with Crippen molar-refractivity contribution in [2.75, 3.05) is 0 Å². The van der Waals surface area contributed by atoms with Crippen molar-refractivity contribution in [1.82, 2.24) is 20.2 Å². The molecule has 0 fully saturated rings. The van der Waals surface area contributed by atoms with Gasteiger partial charge in [-0.3, -0.25) is 0 Å². The van der Waals surface area contributed by atoms with Crippen molar-refractivity contribution in [2.45, 2.75) is 13.2 Å². The number of hydrogen-bond donors (Lipinski definition) is 0. The van der Waals surface area contributed by atoms with Crippen LogP contribution in [-0.4, -0.2) is 26.2 Å². The zero-order valence-corrected chi connectivity index (χ0v) is 17.8. The normalized spacial score (nSPS) is 10.9. The molecule has 0 saturated heterocycles.